The number of hydrogen-bond acceptors (Lipinski definition) is 6. The molecule has 11 heteroatoms. The van der Waals surface area contributed by atoms with Crippen molar-refractivity contribution in [3.8, 4) is 17.5 Å². The molecule has 10 nitrogen and oxygen atoms in total. The second-order valence-electron chi connectivity index (χ2n) is 7.48. The summed E-state index contributed by atoms with van der Waals surface area (Å²) >= 11 is 3.41. The predicted octanol–water partition coefficient (Wildman–Crippen LogP) is 4.49. The molecule has 0 aliphatic carbocycles. The predicted molar refractivity (Wildman–Crippen MR) is 133 cm³/mol. The Morgan fingerprint density at radius 3 is 2.57 bits per heavy atom. The monoisotopic (exact) mass is 526 g/mol. The van der Waals surface area contributed by atoms with E-state index < -0.39 is 0 Å². The number of nitrogens with zero attached hydrogens (tertiary/aromatic N) is 4. The molecular weight excluding hydrogens is 512 g/mol. The normalized spacial score (nSPS) is 10.6. The highest BCUT2D eigenvalue weighted by Gasteiger charge is 2.17. The van der Waals surface area contributed by atoms with Crippen molar-refractivity contribution >= 4 is 50.0 Å². The number of carbonyl (C=O) groups excluding carboxylic acids is 2. The number of tetrazole rings is 1. The van der Waals surface area contributed by atoms with Crippen molar-refractivity contribution in [2.45, 2.75) is 0 Å². The highest BCUT2D eigenvalue weighted by Crippen LogP contribution is 2.29. The first-order chi connectivity index (χ1) is 17.0. The molecule has 0 atom stereocenters. The van der Waals surface area contributed by atoms with Gasteiger partial charge in [0.05, 0.1) is 28.5 Å². The van der Waals surface area contributed by atoms with Crippen LogP contribution in [-0.2, 0) is 0 Å². The Hall–Kier alpha value is -4.82. The highest BCUT2D eigenvalue weighted by atomic mass is 79.9. The molecule has 35 heavy (non-hydrogen) atoms. The molecule has 0 unspecified atom stereocenters. The van der Waals surface area contributed by atoms with Gasteiger partial charge in [0, 0.05) is 21.0 Å². The molecule has 170 valence electrons. The van der Waals surface area contributed by atoms with E-state index in [9.17, 15) is 9.59 Å². The first-order valence-electron chi connectivity index (χ1n) is 10.3. The van der Waals surface area contributed by atoms with Crippen LogP contribution in [-0.4, -0.2) is 37.4 Å². The van der Waals surface area contributed by atoms with Gasteiger partial charge in [0.15, 0.2) is 0 Å². The number of halogens is 1. The number of aromatic amines is 2. The van der Waals surface area contributed by atoms with Gasteiger partial charge in [-0.05, 0) is 53.7 Å². The Balaban J connectivity index is 1.42. The molecule has 4 N–H and O–H groups in total. The summed E-state index contributed by atoms with van der Waals surface area (Å²) in [5.41, 5.74) is 3.24. The van der Waals surface area contributed by atoms with Crippen molar-refractivity contribution in [1.29, 1.82) is 5.26 Å². The van der Waals surface area contributed by atoms with Crippen molar-refractivity contribution < 1.29 is 9.59 Å². The molecule has 0 radical (unpaired) electrons. The summed E-state index contributed by atoms with van der Waals surface area (Å²) < 4.78 is 0.793. The van der Waals surface area contributed by atoms with E-state index in [1.54, 1.807) is 54.6 Å². The number of nitriles is 1. The lowest BCUT2D eigenvalue weighted by atomic mass is 10.1. The Morgan fingerprint density at radius 1 is 0.943 bits per heavy atom. The number of amides is 2. The van der Waals surface area contributed by atoms with Crippen LogP contribution in [0.4, 0.5) is 11.4 Å². The molecular formula is C24H15BrN8O2. The molecule has 2 amide bonds. The Morgan fingerprint density at radius 2 is 1.77 bits per heavy atom. The SMILES string of the molecule is N#Cc1cccc(C(=O)Nc2cccc3cc(C(=O)Nc4ccc(Br)cc4-c4nn[nH]n4)[nH]c23)c1. The first-order valence-corrected chi connectivity index (χ1v) is 11.1. The summed E-state index contributed by atoms with van der Waals surface area (Å²) in [7, 11) is 0. The third kappa shape index (κ3) is 4.50. The van der Waals surface area contributed by atoms with Gasteiger partial charge in [-0.1, -0.05) is 34.1 Å². The summed E-state index contributed by atoms with van der Waals surface area (Å²) in [4.78, 5) is 28.9. The van der Waals surface area contributed by atoms with Gasteiger partial charge < -0.3 is 15.6 Å². The van der Waals surface area contributed by atoms with Gasteiger partial charge in [-0.3, -0.25) is 9.59 Å². The molecule has 5 aromatic rings. The fourth-order valence-corrected chi connectivity index (χ4v) is 3.94. The lowest BCUT2D eigenvalue weighted by Crippen LogP contribution is -2.14. The van der Waals surface area contributed by atoms with Crippen LogP contribution in [0.3, 0.4) is 0 Å². The maximum absolute atomic E-state index is 13.1. The first kappa shape index (κ1) is 22.0. The Bertz CT molecular complexity index is 1620. The second-order valence-corrected chi connectivity index (χ2v) is 8.39. The van der Waals surface area contributed by atoms with E-state index in [0.717, 1.165) is 9.86 Å². The van der Waals surface area contributed by atoms with Gasteiger partial charge in [0.1, 0.15) is 5.69 Å². The molecule has 2 heterocycles. The molecule has 0 saturated heterocycles. The van der Waals surface area contributed by atoms with Gasteiger partial charge in [-0.15, -0.1) is 10.2 Å². The lowest BCUT2D eigenvalue weighted by molar-refractivity contribution is 0.101. The minimum absolute atomic E-state index is 0.301. The number of aromatic nitrogens is 5. The number of H-pyrrole nitrogens is 2. The number of para-hydroxylation sites is 1. The van der Waals surface area contributed by atoms with Crippen LogP contribution in [0.25, 0.3) is 22.3 Å². The van der Waals surface area contributed by atoms with Crippen LogP contribution < -0.4 is 10.6 Å². The molecule has 0 fully saturated rings. The van der Waals surface area contributed by atoms with Crippen LogP contribution in [0.2, 0.25) is 0 Å². The molecule has 0 spiro atoms. The average Bonchev–Trinajstić information content (AvgIpc) is 3.56. The number of fused-ring (bicyclic) bond motifs is 1. The third-order valence-corrected chi connectivity index (χ3v) is 5.71. The number of carbonyl (C=O) groups is 2. The van der Waals surface area contributed by atoms with E-state index in [1.807, 2.05) is 12.1 Å². The van der Waals surface area contributed by atoms with E-state index >= 15 is 0 Å². The zero-order chi connectivity index (χ0) is 24.4. The van der Waals surface area contributed by atoms with Gasteiger partial charge in [-0.2, -0.15) is 10.5 Å². The second kappa shape index (κ2) is 9.20. The molecule has 3 aromatic carbocycles. The topological polar surface area (TPSA) is 152 Å². The molecule has 0 aliphatic rings. The largest absolute Gasteiger partial charge is 0.349 e. The van der Waals surface area contributed by atoms with Crippen LogP contribution in [0.1, 0.15) is 26.4 Å². The van der Waals surface area contributed by atoms with E-state index in [-0.39, 0.29) is 11.8 Å². The summed E-state index contributed by atoms with van der Waals surface area (Å²) in [5.74, 6) is -0.411. The molecule has 0 saturated carbocycles. The number of anilines is 2. The lowest BCUT2D eigenvalue weighted by Gasteiger charge is -2.09. The molecule has 0 bridgehead atoms. The summed E-state index contributed by atoms with van der Waals surface area (Å²) in [6.07, 6.45) is 0. The van der Waals surface area contributed by atoms with Crippen LogP contribution in [0.5, 0.6) is 0 Å². The number of rotatable bonds is 5. The average molecular weight is 527 g/mol. The van der Waals surface area contributed by atoms with Crippen molar-refractivity contribution in [2.75, 3.05) is 10.6 Å². The van der Waals surface area contributed by atoms with Crippen LogP contribution in [0.15, 0.2) is 71.2 Å². The summed E-state index contributed by atoms with van der Waals surface area (Å²) in [5, 5.41) is 29.5. The molecule has 0 aliphatic heterocycles. The van der Waals surface area contributed by atoms with Crippen molar-refractivity contribution in [2.24, 2.45) is 0 Å². The highest BCUT2D eigenvalue weighted by molar-refractivity contribution is 9.10. The van der Waals surface area contributed by atoms with E-state index in [1.165, 1.54) is 6.07 Å². The van der Waals surface area contributed by atoms with E-state index in [0.29, 0.717) is 45.1 Å². The summed E-state index contributed by atoms with van der Waals surface area (Å²) in [6, 6.07) is 20.8. The van der Waals surface area contributed by atoms with Crippen molar-refractivity contribution in [1.82, 2.24) is 25.6 Å². The van der Waals surface area contributed by atoms with Gasteiger partial charge >= 0.3 is 0 Å². The number of benzene rings is 3. The smallest absolute Gasteiger partial charge is 0.272 e. The zero-order valence-electron chi connectivity index (χ0n) is 17.8. The Labute approximate surface area is 206 Å². The fourth-order valence-electron chi connectivity index (χ4n) is 3.58. The third-order valence-electron chi connectivity index (χ3n) is 5.22. The van der Waals surface area contributed by atoms with Gasteiger partial charge in [0.2, 0.25) is 5.82 Å². The minimum atomic E-state index is -0.382. The van der Waals surface area contributed by atoms with Crippen molar-refractivity contribution in [3.05, 3.63) is 88.0 Å². The number of hydrogen-bond donors (Lipinski definition) is 4. The van der Waals surface area contributed by atoms with Gasteiger partial charge in [-0.25, -0.2) is 0 Å². The zero-order valence-corrected chi connectivity index (χ0v) is 19.4. The van der Waals surface area contributed by atoms with Gasteiger partial charge in [0.25, 0.3) is 11.8 Å². The minimum Gasteiger partial charge on any atom is -0.349 e. The maximum Gasteiger partial charge on any atom is 0.272 e. The van der Waals surface area contributed by atoms with E-state index in [4.69, 9.17) is 5.26 Å². The van der Waals surface area contributed by atoms with Crippen molar-refractivity contribution in [3.63, 3.8) is 0 Å². The quantitative estimate of drug-likeness (QED) is 0.264. The standard InChI is InChI=1S/C24H15BrN8O2/c25-16-7-8-18(17(11-16)22-30-32-33-31-22)28-24(35)20-10-14-4-2-6-19(21(14)27-20)29-23(34)15-5-1-3-13(9-15)12-26/h1-11,27H,(H,28,35)(H,29,34)(H,30,31,32,33). The van der Waals surface area contributed by atoms with Crippen LogP contribution in [0, 0.1) is 11.3 Å². The van der Waals surface area contributed by atoms with Crippen LogP contribution >= 0.6 is 15.9 Å². The summed E-state index contributed by atoms with van der Waals surface area (Å²) in [6.45, 7) is 0. The fraction of sp³-hybridized carbons (Fsp3) is 0. The molecule has 2 aromatic heterocycles. The Kier molecular flexibility index (Phi) is 5.78. The van der Waals surface area contributed by atoms with E-state index in [2.05, 4.69) is 52.2 Å². The number of nitrogens with one attached hydrogen (secondary N) is 4. The molecule has 5 rings (SSSR count). The maximum atomic E-state index is 13.1.